The minimum Gasteiger partial charge on any atom is -0.380 e. The van der Waals surface area contributed by atoms with Gasteiger partial charge in [0.05, 0.1) is 0 Å². The molecule has 0 heterocycles. The Kier molecular flexibility index (Phi) is 7.28. The Bertz CT molecular complexity index is 673. The SMILES string of the molecule is C=C(CC)c1ccccc1CCCCc1cccc(NCC=N)c1. The molecule has 0 unspecified atom stereocenters. The highest BCUT2D eigenvalue weighted by atomic mass is 14.9. The van der Waals surface area contributed by atoms with Crippen LogP contribution in [-0.4, -0.2) is 12.8 Å². The van der Waals surface area contributed by atoms with Crippen molar-refractivity contribution in [2.24, 2.45) is 0 Å². The number of aryl methyl sites for hydroxylation is 2. The molecular weight excluding hydrogens is 292 g/mol. The normalized spacial score (nSPS) is 10.4. The van der Waals surface area contributed by atoms with Gasteiger partial charge in [-0.05, 0) is 66.5 Å². The lowest BCUT2D eigenvalue weighted by Gasteiger charge is -2.11. The summed E-state index contributed by atoms with van der Waals surface area (Å²) in [7, 11) is 0. The molecule has 0 spiro atoms. The number of unbranched alkanes of at least 4 members (excludes halogenated alkanes) is 1. The first-order valence-electron chi connectivity index (χ1n) is 8.82. The molecule has 0 aliphatic heterocycles. The summed E-state index contributed by atoms with van der Waals surface area (Å²) in [6.07, 6.45) is 6.96. The Balaban J connectivity index is 1.85. The topological polar surface area (TPSA) is 35.9 Å². The van der Waals surface area contributed by atoms with Crippen molar-refractivity contribution in [3.05, 3.63) is 71.8 Å². The lowest BCUT2D eigenvalue weighted by atomic mass is 9.95. The van der Waals surface area contributed by atoms with Gasteiger partial charge in [0.15, 0.2) is 0 Å². The van der Waals surface area contributed by atoms with Crippen LogP contribution in [0.3, 0.4) is 0 Å². The third-order valence-electron chi connectivity index (χ3n) is 4.32. The van der Waals surface area contributed by atoms with Gasteiger partial charge in [-0.1, -0.05) is 49.9 Å². The van der Waals surface area contributed by atoms with E-state index in [4.69, 9.17) is 5.41 Å². The molecule has 2 heteroatoms. The van der Waals surface area contributed by atoms with Crippen molar-refractivity contribution < 1.29 is 0 Å². The van der Waals surface area contributed by atoms with Crippen molar-refractivity contribution >= 4 is 17.5 Å². The zero-order chi connectivity index (χ0) is 17.2. The third kappa shape index (κ3) is 5.38. The highest BCUT2D eigenvalue weighted by Crippen LogP contribution is 2.22. The molecule has 24 heavy (non-hydrogen) atoms. The van der Waals surface area contributed by atoms with E-state index < -0.39 is 0 Å². The Morgan fingerprint density at radius 3 is 2.67 bits per heavy atom. The van der Waals surface area contributed by atoms with Gasteiger partial charge in [-0.15, -0.1) is 0 Å². The fourth-order valence-electron chi connectivity index (χ4n) is 2.92. The molecule has 0 aromatic heterocycles. The number of nitrogens with one attached hydrogen (secondary N) is 2. The smallest absolute Gasteiger partial charge is 0.0496 e. The van der Waals surface area contributed by atoms with E-state index in [-0.39, 0.29) is 0 Å². The summed E-state index contributed by atoms with van der Waals surface area (Å²) in [5, 5.41) is 10.3. The molecule has 2 nitrogen and oxygen atoms in total. The van der Waals surface area contributed by atoms with E-state index in [2.05, 4.69) is 67.4 Å². The van der Waals surface area contributed by atoms with Crippen LogP contribution in [0.15, 0.2) is 55.1 Å². The molecule has 0 saturated carbocycles. The van der Waals surface area contributed by atoms with E-state index in [0.29, 0.717) is 6.54 Å². The number of allylic oxidation sites excluding steroid dienone is 1. The Hall–Kier alpha value is -2.35. The molecule has 0 fully saturated rings. The number of hydrogen-bond acceptors (Lipinski definition) is 2. The lowest BCUT2D eigenvalue weighted by molar-refractivity contribution is 0.733. The van der Waals surface area contributed by atoms with Gasteiger partial charge in [0, 0.05) is 18.4 Å². The molecule has 0 aliphatic carbocycles. The minimum absolute atomic E-state index is 0.585. The van der Waals surface area contributed by atoms with Crippen LogP contribution >= 0.6 is 0 Å². The average Bonchev–Trinajstić information content (AvgIpc) is 2.63. The van der Waals surface area contributed by atoms with E-state index in [1.807, 2.05) is 0 Å². The second-order valence-electron chi connectivity index (χ2n) is 6.11. The van der Waals surface area contributed by atoms with Crippen molar-refractivity contribution in [1.82, 2.24) is 0 Å². The largest absolute Gasteiger partial charge is 0.380 e. The second-order valence-corrected chi connectivity index (χ2v) is 6.11. The maximum Gasteiger partial charge on any atom is 0.0496 e. The van der Waals surface area contributed by atoms with Crippen LogP contribution in [0, 0.1) is 5.41 Å². The van der Waals surface area contributed by atoms with E-state index in [1.54, 1.807) is 0 Å². The van der Waals surface area contributed by atoms with Gasteiger partial charge in [-0.25, -0.2) is 0 Å². The first-order chi connectivity index (χ1) is 11.7. The van der Waals surface area contributed by atoms with Crippen LogP contribution in [0.4, 0.5) is 5.69 Å². The molecule has 0 aliphatic rings. The standard InChI is InChI=1S/C22H28N2/c1-3-18(2)22-14-7-6-12-20(22)11-5-4-9-19-10-8-13-21(17-19)24-16-15-23/h6-8,10,12-15,17,23-24H,2-5,9,11,16H2,1H3. The molecule has 0 amide bonds. The lowest BCUT2D eigenvalue weighted by Crippen LogP contribution is -2.02. The van der Waals surface area contributed by atoms with Gasteiger partial charge in [0.25, 0.3) is 0 Å². The van der Waals surface area contributed by atoms with Crippen molar-refractivity contribution in [3.63, 3.8) is 0 Å². The van der Waals surface area contributed by atoms with E-state index in [0.717, 1.165) is 24.9 Å². The molecule has 2 N–H and O–H groups in total. The van der Waals surface area contributed by atoms with Crippen LogP contribution < -0.4 is 5.32 Å². The van der Waals surface area contributed by atoms with Crippen LogP contribution in [0.2, 0.25) is 0 Å². The Labute approximate surface area is 146 Å². The quantitative estimate of drug-likeness (QED) is 0.425. The highest BCUT2D eigenvalue weighted by molar-refractivity contribution is 5.66. The Morgan fingerprint density at radius 1 is 1.08 bits per heavy atom. The highest BCUT2D eigenvalue weighted by Gasteiger charge is 2.04. The molecule has 126 valence electrons. The summed E-state index contributed by atoms with van der Waals surface area (Å²) in [4.78, 5) is 0. The first-order valence-corrected chi connectivity index (χ1v) is 8.82. The molecular formula is C22H28N2. The number of rotatable bonds is 10. The summed E-state index contributed by atoms with van der Waals surface area (Å²) in [6, 6.07) is 17.2. The molecule has 2 aromatic rings. The molecule has 0 radical (unpaired) electrons. The molecule has 0 bridgehead atoms. The van der Waals surface area contributed by atoms with Gasteiger partial charge >= 0.3 is 0 Å². The van der Waals surface area contributed by atoms with Crippen LogP contribution in [-0.2, 0) is 12.8 Å². The van der Waals surface area contributed by atoms with E-state index in [9.17, 15) is 0 Å². The zero-order valence-corrected chi connectivity index (χ0v) is 14.6. The molecule has 0 saturated heterocycles. The van der Waals surface area contributed by atoms with E-state index >= 15 is 0 Å². The monoisotopic (exact) mass is 320 g/mol. The van der Waals surface area contributed by atoms with E-state index in [1.165, 1.54) is 41.3 Å². The molecule has 0 atom stereocenters. The van der Waals surface area contributed by atoms with Gasteiger partial charge in [-0.3, -0.25) is 0 Å². The van der Waals surface area contributed by atoms with Crippen LogP contribution in [0.1, 0.15) is 42.9 Å². The van der Waals surface area contributed by atoms with Gasteiger partial charge in [0.2, 0.25) is 0 Å². The predicted molar refractivity (Wildman–Crippen MR) is 106 cm³/mol. The fourth-order valence-corrected chi connectivity index (χ4v) is 2.92. The van der Waals surface area contributed by atoms with Crippen molar-refractivity contribution in [2.75, 3.05) is 11.9 Å². The van der Waals surface area contributed by atoms with Gasteiger partial charge in [-0.2, -0.15) is 0 Å². The zero-order valence-electron chi connectivity index (χ0n) is 14.6. The third-order valence-corrected chi connectivity index (χ3v) is 4.32. The molecule has 2 rings (SSSR count). The predicted octanol–water partition coefficient (Wildman–Crippen LogP) is 5.74. The summed E-state index contributed by atoms with van der Waals surface area (Å²) in [6.45, 7) is 6.94. The van der Waals surface area contributed by atoms with Gasteiger partial charge < -0.3 is 10.7 Å². The van der Waals surface area contributed by atoms with Crippen molar-refractivity contribution in [3.8, 4) is 0 Å². The summed E-state index contributed by atoms with van der Waals surface area (Å²) < 4.78 is 0. The second kappa shape index (κ2) is 9.71. The number of hydrogen-bond donors (Lipinski definition) is 2. The minimum atomic E-state index is 0.585. The summed E-state index contributed by atoms with van der Waals surface area (Å²) in [5.41, 5.74) is 6.44. The first kappa shape index (κ1) is 18.0. The Morgan fingerprint density at radius 2 is 1.88 bits per heavy atom. The van der Waals surface area contributed by atoms with Crippen molar-refractivity contribution in [2.45, 2.75) is 39.0 Å². The average molecular weight is 320 g/mol. The summed E-state index contributed by atoms with van der Waals surface area (Å²) >= 11 is 0. The summed E-state index contributed by atoms with van der Waals surface area (Å²) in [5.74, 6) is 0. The van der Waals surface area contributed by atoms with Gasteiger partial charge in [0.1, 0.15) is 0 Å². The van der Waals surface area contributed by atoms with Crippen LogP contribution in [0.5, 0.6) is 0 Å². The van der Waals surface area contributed by atoms with Crippen LogP contribution in [0.25, 0.3) is 5.57 Å². The maximum atomic E-state index is 7.09. The number of benzene rings is 2. The molecule has 2 aromatic carbocycles. The fraction of sp³-hybridized carbons (Fsp3) is 0.318. The number of anilines is 1. The maximum absolute atomic E-state index is 7.09. The van der Waals surface area contributed by atoms with Crippen molar-refractivity contribution in [1.29, 1.82) is 5.41 Å².